The second-order valence-corrected chi connectivity index (χ2v) is 6.32. The van der Waals surface area contributed by atoms with Gasteiger partial charge in [0.2, 0.25) is 0 Å². The van der Waals surface area contributed by atoms with Gasteiger partial charge in [0.15, 0.2) is 12.7 Å². The van der Waals surface area contributed by atoms with Gasteiger partial charge < -0.3 is 14.8 Å². The van der Waals surface area contributed by atoms with Crippen LogP contribution in [-0.2, 0) is 27.2 Å². The van der Waals surface area contributed by atoms with Gasteiger partial charge in [-0.25, -0.2) is 13.6 Å². The Morgan fingerprint density at radius 2 is 1.89 bits per heavy atom. The van der Waals surface area contributed by atoms with Crippen LogP contribution in [0.15, 0.2) is 36.4 Å². The van der Waals surface area contributed by atoms with E-state index in [1.807, 2.05) is 12.1 Å². The van der Waals surface area contributed by atoms with Crippen molar-refractivity contribution in [2.75, 3.05) is 11.9 Å². The second-order valence-electron chi connectivity index (χ2n) is 6.32. The highest BCUT2D eigenvalue weighted by Gasteiger charge is 2.20. The Hall–Kier alpha value is -2.96. The summed E-state index contributed by atoms with van der Waals surface area (Å²) in [6.45, 7) is 0.977. The summed E-state index contributed by atoms with van der Waals surface area (Å²) in [5.74, 6) is -2.43. The minimum absolute atomic E-state index is 0.322. The van der Waals surface area contributed by atoms with E-state index in [9.17, 15) is 18.4 Å². The van der Waals surface area contributed by atoms with Crippen molar-refractivity contribution in [1.29, 1.82) is 0 Å². The molecule has 0 unspecified atom stereocenters. The maximum atomic E-state index is 13.5. The number of anilines is 1. The number of nitrogens with one attached hydrogen (secondary N) is 1. The molecule has 1 amide bonds. The predicted octanol–water partition coefficient (Wildman–Crippen LogP) is 3.40. The Labute approximate surface area is 155 Å². The Kier molecular flexibility index (Phi) is 5.69. The summed E-state index contributed by atoms with van der Waals surface area (Å²) < 4.78 is 37.1. The molecule has 0 spiro atoms. The van der Waals surface area contributed by atoms with Gasteiger partial charge in [0.25, 0.3) is 5.91 Å². The summed E-state index contributed by atoms with van der Waals surface area (Å²) in [5, 5.41) is 2.19. The first-order chi connectivity index (χ1) is 12.9. The van der Waals surface area contributed by atoms with E-state index in [1.165, 1.54) is 18.1 Å². The number of halogens is 2. The Bertz CT molecular complexity index is 869. The van der Waals surface area contributed by atoms with Crippen molar-refractivity contribution >= 4 is 17.6 Å². The van der Waals surface area contributed by atoms with Crippen molar-refractivity contribution < 1.29 is 27.8 Å². The number of benzene rings is 2. The lowest BCUT2D eigenvalue weighted by Crippen LogP contribution is -2.32. The van der Waals surface area contributed by atoms with Gasteiger partial charge in [0, 0.05) is 6.07 Å². The van der Waals surface area contributed by atoms with E-state index in [2.05, 4.69) is 5.32 Å². The average Bonchev–Trinajstić information content (AvgIpc) is 3.10. The van der Waals surface area contributed by atoms with Gasteiger partial charge in [0.1, 0.15) is 17.4 Å². The van der Waals surface area contributed by atoms with Crippen molar-refractivity contribution in [3.8, 4) is 5.75 Å². The van der Waals surface area contributed by atoms with Gasteiger partial charge in [-0.3, -0.25) is 4.79 Å². The van der Waals surface area contributed by atoms with Gasteiger partial charge in [-0.2, -0.15) is 0 Å². The van der Waals surface area contributed by atoms with E-state index in [4.69, 9.17) is 9.47 Å². The molecule has 0 radical (unpaired) electrons. The molecule has 0 saturated carbocycles. The average molecular weight is 375 g/mol. The number of hydrogen-bond donors (Lipinski definition) is 1. The number of fused-ring (bicyclic) bond motifs is 1. The predicted molar refractivity (Wildman–Crippen MR) is 94.5 cm³/mol. The zero-order chi connectivity index (χ0) is 19.4. The third-order valence-electron chi connectivity index (χ3n) is 4.29. The fourth-order valence-corrected chi connectivity index (χ4v) is 2.89. The molecule has 1 aliphatic carbocycles. The number of aryl methyl sites for hydroxylation is 2. The van der Waals surface area contributed by atoms with Crippen LogP contribution in [0.1, 0.15) is 24.5 Å². The molecule has 1 N–H and O–H groups in total. The maximum Gasteiger partial charge on any atom is 0.344 e. The summed E-state index contributed by atoms with van der Waals surface area (Å²) in [6, 6.07) is 8.35. The second kappa shape index (κ2) is 8.16. The number of esters is 1. The molecule has 0 fully saturated rings. The maximum absolute atomic E-state index is 13.5. The van der Waals surface area contributed by atoms with Gasteiger partial charge in [-0.15, -0.1) is 0 Å². The van der Waals surface area contributed by atoms with Crippen LogP contribution in [0.2, 0.25) is 0 Å². The molecule has 0 heterocycles. The van der Waals surface area contributed by atoms with E-state index in [-0.39, 0.29) is 12.3 Å². The van der Waals surface area contributed by atoms with Crippen LogP contribution in [0, 0.1) is 11.6 Å². The van der Waals surface area contributed by atoms with Crippen LogP contribution in [0.4, 0.5) is 14.5 Å². The lowest BCUT2D eigenvalue weighted by Gasteiger charge is -2.14. The molecule has 0 aromatic heterocycles. The van der Waals surface area contributed by atoms with Gasteiger partial charge in [-0.1, -0.05) is 6.07 Å². The third-order valence-corrected chi connectivity index (χ3v) is 4.29. The van der Waals surface area contributed by atoms with Crippen LogP contribution < -0.4 is 10.1 Å². The standard InChI is InChI=1S/C20H19F2NO4/c1-12(20(25)23-18-10-15(21)6-8-17(18)22)27-19(24)11-26-16-7-5-13-3-2-4-14(13)9-16/h5-10,12H,2-4,11H2,1H3,(H,23,25)/t12-/m1/s1. The number of carbonyl (C=O) groups is 2. The molecule has 2 aromatic carbocycles. The summed E-state index contributed by atoms with van der Waals surface area (Å²) in [6.07, 6.45) is 1.96. The largest absolute Gasteiger partial charge is 0.482 e. The minimum atomic E-state index is -1.19. The molecule has 0 aliphatic heterocycles. The summed E-state index contributed by atoms with van der Waals surface area (Å²) in [5.41, 5.74) is 2.18. The van der Waals surface area contributed by atoms with Crippen molar-refractivity contribution in [3.05, 3.63) is 59.2 Å². The molecular formula is C20H19F2NO4. The van der Waals surface area contributed by atoms with Crippen LogP contribution in [0.3, 0.4) is 0 Å². The highest BCUT2D eigenvalue weighted by molar-refractivity contribution is 5.95. The number of rotatable bonds is 6. The van der Waals surface area contributed by atoms with Crippen LogP contribution in [0.5, 0.6) is 5.75 Å². The smallest absolute Gasteiger partial charge is 0.344 e. The fourth-order valence-electron chi connectivity index (χ4n) is 2.89. The van der Waals surface area contributed by atoms with Crippen LogP contribution >= 0.6 is 0 Å². The Morgan fingerprint density at radius 3 is 2.70 bits per heavy atom. The van der Waals surface area contributed by atoms with E-state index >= 15 is 0 Å². The lowest BCUT2D eigenvalue weighted by atomic mass is 10.1. The first-order valence-electron chi connectivity index (χ1n) is 8.62. The fraction of sp³-hybridized carbons (Fsp3) is 0.300. The first kappa shape index (κ1) is 18.8. The van der Waals surface area contributed by atoms with E-state index < -0.39 is 29.6 Å². The zero-order valence-corrected chi connectivity index (χ0v) is 14.8. The first-order valence-corrected chi connectivity index (χ1v) is 8.62. The molecule has 5 nitrogen and oxygen atoms in total. The number of hydrogen-bond acceptors (Lipinski definition) is 4. The number of ether oxygens (including phenoxy) is 2. The topological polar surface area (TPSA) is 64.6 Å². The van der Waals surface area contributed by atoms with Crippen molar-refractivity contribution in [3.63, 3.8) is 0 Å². The molecular weight excluding hydrogens is 356 g/mol. The van der Waals surface area contributed by atoms with Crippen molar-refractivity contribution in [2.24, 2.45) is 0 Å². The zero-order valence-electron chi connectivity index (χ0n) is 14.8. The quantitative estimate of drug-likeness (QED) is 0.786. The van der Waals surface area contributed by atoms with Crippen molar-refractivity contribution in [2.45, 2.75) is 32.3 Å². The summed E-state index contributed by atoms with van der Waals surface area (Å²) in [4.78, 5) is 23.9. The van der Waals surface area contributed by atoms with Crippen LogP contribution in [-0.4, -0.2) is 24.6 Å². The van der Waals surface area contributed by atoms with Crippen LogP contribution in [0.25, 0.3) is 0 Å². The molecule has 0 saturated heterocycles. The van der Waals surface area contributed by atoms with E-state index in [0.717, 1.165) is 37.5 Å². The number of amides is 1. The summed E-state index contributed by atoms with van der Waals surface area (Å²) >= 11 is 0. The van der Waals surface area contributed by atoms with Gasteiger partial charge in [-0.05, 0) is 61.6 Å². The molecule has 0 bridgehead atoms. The normalized spacial score (nSPS) is 13.6. The molecule has 3 rings (SSSR count). The molecule has 2 aromatic rings. The Morgan fingerprint density at radius 1 is 1.11 bits per heavy atom. The monoisotopic (exact) mass is 375 g/mol. The molecule has 1 aliphatic rings. The van der Waals surface area contributed by atoms with Gasteiger partial charge >= 0.3 is 5.97 Å². The number of carbonyl (C=O) groups excluding carboxylic acids is 2. The highest BCUT2D eigenvalue weighted by Crippen LogP contribution is 2.26. The van der Waals surface area contributed by atoms with Crippen molar-refractivity contribution in [1.82, 2.24) is 0 Å². The minimum Gasteiger partial charge on any atom is -0.482 e. The molecule has 142 valence electrons. The van der Waals surface area contributed by atoms with E-state index in [1.54, 1.807) is 6.07 Å². The molecule has 27 heavy (non-hydrogen) atoms. The SMILES string of the molecule is C[C@@H](OC(=O)COc1ccc2c(c1)CCC2)C(=O)Nc1cc(F)ccc1F. The molecule has 1 atom stereocenters. The Balaban J connectivity index is 1.49. The highest BCUT2D eigenvalue weighted by atomic mass is 19.1. The van der Waals surface area contributed by atoms with Gasteiger partial charge in [0.05, 0.1) is 5.69 Å². The lowest BCUT2D eigenvalue weighted by molar-refractivity contribution is -0.155. The third kappa shape index (κ3) is 4.81. The van der Waals surface area contributed by atoms with E-state index in [0.29, 0.717) is 5.75 Å². The molecule has 7 heteroatoms. The summed E-state index contributed by atoms with van der Waals surface area (Å²) in [7, 11) is 0.